The second-order valence-electron chi connectivity index (χ2n) is 9.33. The normalized spacial score (nSPS) is 31.6. The molecule has 3 amide bonds. The van der Waals surface area contributed by atoms with Crippen LogP contribution in [0.15, 0.2) is 30.3 Å². The first-order valence-corrected chi connectivity index (χ1v) is 11.6. The van der Waals surface area contributed by atoms with Gasteiger partial charge in [0, 0.05) is 25.7 Å². The number of nitrogens with zero attached hydrogens (tertiary/aromatic N) is 2. The quantitative estimate of drug-likeness (QED) is 0.705. The van der Waals surface area contributed by atoms with Gasteiger partial charge in [0.25, 0.3) is 0 Å². The summed E-state index contributed by atoms with van der Waals surface area (Å²) in [6.45, 7) is 2.65. The molecule has 3 heterocycles. The first-order valence-electron chi connectivity index (χ1n) is 11.6. The lowest BCUT2D eigenvalue weighted by Crippen LogP contribution is -2.75. The number of imide groups is 1. The molecule has 0 radical (unpaired) electrons. The van der Waals surface area contributed by atoms with Crippen LogP contribution in [-0.2, 0) is 11.2 Å². The highest BCUT2D eigenvalue weighted by Gasteiger charge is 2.47. The van der Waals surface area contributed by atoms with E-state index in [0.29, 0.717) is 6.54 Å². The predicted octanol–water partition coefficient (Wildman–Crippen LogP) is 1.85. The molecule has 3 aliphatic heterocycles. The van der Waals surface area contributed by atoms with Crippen LogP contribution in [0.2, 0.25) is 0 Å². The van der Waals surface area contributed by atoms with Crippen LogP contribution in [0.3, 0.4) is 0 Å². The van der Waals surface area contributed by atoms with Gasteiger partial charge < -0.3 is 5.32 Å². The standard InChI is InChI=1S/C23H33N5O2/c29-21-19-15-24-22(25-20(19)26-23(30)28(21)18-8-4-5-9-18)27-12-10-17(11-13-27)14-16-6-2-1-3-7-16/h1-3,6-7,17-20,22,24-25H,4-5,8-15H2,(H,26,30). The van der Waals surface area contributed by atoms with Gasteiger partial charge in [0.1, 0.15) is 6.29 Å². The molecule has 1 aliphatic carbocycles. The minimum absolute atomic E-state index is 0.00931. The van der Waals surface area contributed by atoms with E-state index in [4.69, 9.17) is 0 Å². The van der Waals surface area contributed by atoms with E-state index in [1.807, 2.05) is 0 Å². The van der Waals surface area contributed by atoms with Crippen molar-refractivity contribution >= 4 is 11.9 Å². The fourth-order valence-electron chi connectivity index (χ4n) is 5.66. The van der Waals surface area contributed by atoms with Gasteiger partial charge in [-0.15, -0.1) is 0 Å². The molecule has 3 unspecified atom stereocenters. The molecule has 7 nitrogen and oxygen atoms in total. The maximum Gasteiger partial charge on any atom is 0.325 e. The number of amides is 3. The summed E-state index contributed by atoms with van der Waals surface area (Å²) in [7, 11) is 0. The summed E-state index contributed by atoms with van der Waals surface area (Å²) in [6.07, 6.45) is 7.31. The summed E-state index contributed by atoms with van der Waals surface area (Å²) < 4.78 is 0. The number of hydrogen-bond acceptors (Lipinski definition) is 5. The highest BCUT2D eigenvalue weighted by Crippen LogP contribution is 2.29. The minimum Gasteiger partial charge on any atom is -0.321 e. The van der Waals surface area contributed by atoms with Crippen LogP contribution in [0.4, 0.5) is 4.79 Å². The van der Waals surface area contributed by atoms with E-state index < -0.39 is 0 Å². The number of carbonyl (C=O) groups is 2. The van der Waals surface area contributed by atoms with Crippen molar-refractivity contribution in [3.63, 3.8) is 0 Å². The van der Waals surface area contributed by atoms with Crippen molar-refractivity contribution in [2.24, 2.45) is 11.8 Å². The molecule has 30 heavy (non-hydrogen) atoms. The lowest BCUT2D eigenvalue weighted by molar-refractivity contribution is -0.139. The van der Waals surface area contributed by atoms with Crippen molar-refractivity contribution in [3.05, 3.63) is 35.9 Å². The SMILES string of the molecule is O=C1NC2NC(N3CCC(Cc4ccccc4)CC3)NCC2C(=O)N1C1CCCC1. The monoisotopic (exact) mass is 411 g/mol. The van der Waals surface area contributed by atoms with Gasteiger partial charge in [0.2, 0.25) is 5.91 Å². The number of rotatable bonds is 4. The van der Waals surface area contributed by atoms with Crippen molar-refractivity contribution in [3.8, 4) is 0 Å². The first kappa shape index (κ1) is 20.0. The van der Waals surface area contributed by atoms with Crippen LogP contribution in [-0.4, -0.2) is 59.9 Å². The third-order valence-corrected chi connectivity index (χ3v) is 7.39. The number of piperidine rings is 1. The largest absolute Gasteiger partial charge is 0.325 e. The Hall–Kier alpha value is -1.96. The molecular weight excluding hydrogens is 378 g/mol. The molecule has 162 valence electrons. The average Bonchev–Trinajstić information content (AvgIpc) is 3.29. The smallest absolute Gasteiger partial charge is 0.321 e. The molecule has 1 aromatic rings. The van der Waals surface area contributed by atoms with Crippen LogP contribution in [0, 0.1) is 11.8 Å². The molecule has 3 saturated heterocycles. The summed E-state index contributed by atoms with van der Waals surface area (Å²) in [5.74, 6) is 0.474. The maximum absolute atomic E-state index is 13.0. The number of nitrogens with one attached hydrogen (secondary N) is 3. The second-order valence-corrected chi connectivity index (χ2v) is 9.33. The minimum atomic E-state index is -0.282. The van der Waals surface area contributed by atoms with E-state index in [0.717, 1.165) is 51.1 Å². The topological polar surface area (TPSA) is 76.7 Å². The van der Waals surface area contributed by atoms with E-state index >= 15 is 0 Å². The molecule has 7 heteroatoms. The van der Waals surface area contributed by atoms with Gasteiger partial charge in [-0.1, -0.05) is 43.2 Å². The molecule has 1 aromatic carbocycles. The Balaban J connectivity index is 1.15. The molecule has 0 spiro atoms. The number of fused-ring (bicyclic) bond motifs is 1. The van der Waals surface area contributed by atoms with Crippen LogP contribution < -0.4 is 16.0 Å². The zero-order valence-corrected chi connectivity index (χ0v) is 17.6. The molecule has 1 saturated carbocycles. The summed E-state index contributed by atoms with van der Waals surface area (Å²) in [5.41, 5.74) is 1.42. The molecule has 5 rings (SSSR count). The lowest BCUT2D eigenvalue weighted by Gasteiger charge is -2.48. The van der Waals surface area contributed by atoms with Gasteiger partial charge in [-0.2, -0.15) is 0 Å². The Kier molecular flexibility index (Phi) is 5.76. The van der Waals surface area contributed by atoms with E-state index in [2.05, 4.69) is 51.2 Å². The lowest BCUT2D eigenvalue weighted by atomic mass is 9.90. The first-order chi connectivity index (χ1) is 14.7. The van der Waals surface area contributed by atoms with E-state index in [1.165, 1.54) is 23.3 Å². The highest BCUT2D eigenvalue weighted by atomic mass is 16.2. The summed E-state index contributed by atoms with van der Waals surface area (Å²) in [5, 5.41) is 10.1. The molecule has 4 aliphatic rings. The number of benzene rings is 1. The van der Waals surface area contributed by atoms with Crippen LogP contribution >= 0.6 is 0 Å². The molecule has 3 N–H and O–H groups in total. The van der Waals surface area contributed by atoms with Gasteiger partial charge in [0.05, 0.1) is 12.1 Å². The summed E-state index contributed by atoms with van der Waals surface area (Å²) in [6, 6.07) is 10.6. The van der Waals surface area contributed by atoms with E-state index in [9.17, 15) is 9.59 Å². The van der Waals surface area contributed by atoms with Crippen molar-refractivity contribution in [1.29, 1.82) is 0 Å². The number of urea groups is 1. The molecule has 3 atom stereocenters. The Morgan fingerprint density at radius 2 is 1.70 bits per heavy atom. The maximum atomic E-state index is 13.0. The van der Waals surface area contributed by atoms with E-state index in [-0.39, 0.29) is 36.4 Å². The van der Waals surface area contributed by atoms with Crippen LogP contribution in [0.1, 0.15) is 44.1 Å². The number of likely N-dealkylation sites (tertiary alicyclic amines) is 1. The average molecular weight is 412 g/mol. The Labute approximate surface area is 178 Å². The Bertz CT molecular complexity index is 758. The van der Waals surface area contributed by atoms with Gasteiger partial charge in [0.15, 0.2) is 0 Å². The third kappa shape index (κ3) is 3.98. The van der Waals surface area contributed by atoms with Crippen molar-refractivity contribution in [1.82, 2.24) is 25.8 Å². The molecule has 4 fully saturated rings. The van der Waals surface area contributed by atoms with Gasteiger partial charge in [-0.3, -0.25) is 25.2 Å². The van der Waals surface area contributed by atoms with Crippen LogP contribution in [0.25, 0.3) is 0 Å². The Morgan fingerprint density at radius 3 is 2.43 bits per heavy atom. The number of carbonyl (C=O) groups excluding carboxylic acids is 2. The summed E-state index contributed by atoms with van der Waals surface area (Å²) in [4.78, 5) is 29.6. The number of hydrogen-bond donors (Lipinski definition) is 3. The van der Waals surface area contributed by atoms with Crippen molar-refractivity contribution < 1.29 is 9.59 Å². The molecule has 0 aromatic heterocycles. The van der Waals surface area contributed by atoms with Gasteiger partial charge in [-0.25, -0.2) is 4.79 Å². The fraction of sp³-hybridized carbons (Fsp3) is 0.652. The zero-order valence-electron chi connectivity index (χ0n) is 17.6. The Morgan fingerprint density at radius 1 is 0.967 bits per heavy atom. The summed E-state index contributed by atoms with van der Waals surface area (Å²) >= 11 is 0. The second kappa shape index (κ2) is 8.65. The highest BCUT2D eigenvalue weighted by molar-refractivity contribution is 5.99. The van der Waals surface area contributed by atoms with Crippen molar-refractivity contribution in [2.75, 3.05) is 19.6 Å². The molecule has 0 bridgehead atoms. The van der Waals surface area contributed by atoms with Crippen LogP contribution in [0.5, 0.6) is 0 Å². The van der Waals surface area contributed by atoms with Gasteiger partial charge >= 0.3 is 6.03 Å². The third-order valence-electron chi connectivity index (χ3n) is 7.39. The van der Waals surface area contributed by atoms with Crippen molar-refractivity contribution in [2.45, 2.75) is 63.4 Å². The zero-order chi connectivity index (χ0) is 20.5. The fourth-order valence-corrected chi connectivity index (χ4v) is 5.66. The van der Waals surface area contributed by atoms with E-state index in [1.54, 1.807) is 0 Å². The predicted molar refractivity (Wildman–Crippen MR) is 114 cm³/mol. The molecular formula is C23H33N5O2. The van der Waals surface area contributed by atoms with Gasteiger partial charge in [-0.05, 0) is 43.6 Å².